The molecule has 2 saturated heterocycles. The van der Waals surface area contributed by atoms with E-state index < -0.39 is 0 Å². The molecule has 5 rings (SSSR count). The van der Waals surface area contributed by atoms with Crippen molar-refractivity contribution in [3.8, 4) is 0 Å². The molecule has 2 aliphatic heterocycles. The Morgan fingerprint density at radius 3 is 2.55 bits per heavy atom. The van der Waals surface area contributed by atoms with Gasteiger partial charge in [0.15, 0.2) is 0 Å². The van der Waals surface area contributed by atoms with Crippen LogP contribution in [-0.2, 0) is 6.42 Å². The van der Waals surface area contributed by atoms with Crippen molar-refractivity contribution in [3.05, 3.63) is 71.1 Å². The first-order valence-corrected chi connectivity index (χ1v) is 10.9. The molecule has 7 heteroatoms. The van der Waals surface area contributed by atoms with Gasteiger partial charge in [0.25, 0.3) is 0 Å². The summed E-state index contributed by atoms with van der Waals surface area (Å²) in [7, 11) is 0. The van der Waals surface area contributed by atoms with E-state index in [1.165, 1.54) is 6.07 Å². The predicted octanol–water partition coefficient (Wildman–Crippen LogP) is 4.96. The molecule has 2 aliphatic rings. The van der Waals surface area contributed by atoms with Crippen molar-refractivity contribution < 1.29 is 9.60 Å². The first-order valence-electron chi connectivity index (χ1n) is 10.5. The summed E-state index contributed by atoms with van der Waals surface area (Å²) in [6, 6.07) is 14.4. The molecular formula is C24H24ClFN4O. The van der Waals surface area contributed by atoms with Crippen LogP contribution in [0.15, 0.2) is 59.9 Å². The average Bonchev–Trinajstić information content (AvgIpc) is 2.77. The Hall–Kier alpha value is -2.86. The van der Waals surface area contributed by atoms with Crippen LogP contribution in [0.3, 0.4) is 0 Å². The minimum Gasteiger partial charge on any atom is -0.409 e. The van der Waals surface area contributed by atoms with Gasteiger partial charge < -0.3 is 15.0 Å². The van der Waals surface area contributed by atoms with Gasteiger partial charge in [0, 0.05) is 60.3 Å². The number of likely N-dealkylation sites (tertiary alicyclic amines) is 1. The van der Waals surface area contributed by atoms with Crippen LogP contribution in [0, 0.1) is 11.2 Å². The van der Waals surface area contributed by atoms with Gasteiger partial charge in [-0.15, -0.1) is 0 Å². The van der Waals surface area contributed by atoms with Gasteiger partial charge in [0.2, 0.25) is 0 Å². The van der Waals surface area contributed by atoms with Gasteiger partial charge in [-0.25, -0.2) is 4.39 Å². The first kappa shape index (κ1) is 20.1. The number of nitrogens with zero attached hydrogens (tertiary/aromatic N) is 4. The molecule has 1 aromatic heterocycles. The number of hydrogen-bond donors (Lipinski definition) is 1. The van der Waals surface area contributed by atoms with Crippen LogP contribution in [0.25, 0.3) is 10.9 Å². The highest BCUT2D eigenvalue weighted by molar-refractivity contribution is 6.30. The number of rotatable bonds is 3. The van der Waals surface area contributed by atoms with Crippen LogP contribution >= 0.6 is 11.6 Å². The molecule has 1 N–H and O–H groups in total. The number of anilines is 1. The lowest BCUT2D eigenvalue weighted by Crippen LogP contribution is -2.61. The standard InChI is InChI=1S/C24H24ClFN4O/c25-18-3-1-17(2-4-18)13-23(28-31)29-11-8-24(9-12-29)15-30(16-24)22-7-10-27-21-6-5-19(26)14-20(21)22/h1-7,10,14,31H,8-9,11-13,15-16H2/b28-23+. The molecule has 2 fully saturated rings. The second-order valence-electron chi connectivity index (χ2n) is 8.65. The summed E-state index contributed by atoms with van der Waals surface area (Å²) in [6.45, 7) is 3.65. The third-order valence-corrected chi connectivity index (χ3v) is 6.91. The fourth-order valence-corrected chi connectivity index (χ4v) is 4.99. The maximum Gasteiger partial charge on any atom is 0.148 e. The third kappa shape index (κ3) is 3.92. The number of oxime groups is 1. The van der Waals surface area contributed by atoms with Crippen molar-refractivity contribution in [1.82, 2.24) is 9.88 Å². The van der Waals surface area contributed by atoms with Crippen LogP contribution in [-0.4, -0.2) is 47.1 Å². The predicted molar refractivity (Wildman–Crippen MR) is 122 cm³/mol. The van der Waals surface area contributed by atoms with Crippen molar-refractivity contribution in [1.29, 1.82) is 0 Å². The summed E-state index contributed by atoms with van der Waals surface area (Å²) in [4.78, 5) is 8.87. The molecule has 31 heavy (non-hydrogen) atoms. The van der Waals surface area contributed by atoms with E-state index in [0.717, 1.165) is 61.2 Å². The summed E-state index contributed by atoms with van der Waals surface area (Å²) < 4.78 is 13.8. The Balaban J connectivity index is 1.23. The topological polar surface area (TPSA) is 52.0 Å². The van der Waals surface area contributed by atoms with Crippen LogP contribution in [0.2, 0.25) is 5.02 Å². The number of benzene rings is 2. The number of hydrogen-bond acceptors (Lipinski definition) is 4. The first-order chi connectivity index (χ1) is 15.0. The van der Waals surface area contributed by atoms with Crippen molar-refractivity contribution in [2.24, 2.45) is 10.6 Å². The summed E-state index contributed by atoms with van der Waals surface area (Å²) in [5, 5.41) is 14.7. The molecule has 2 aromatic carbocycles. The zero-order valence-corrected chi connectivity index (χ0v) is 17.9. The molecule has 5 nitrogen and oxygen atoms in total. The quantitative estimate of drug-likeness (QED) is 0.272. The zero-order valence-electron chi connectivity index (χ0n) is 17.1. The fourth-order valence-electron chi connectivity index (χ4n) is 4.86. The van der Waals surface area contributed by atoms with E-state index in [1.807, 2.05) is 30.3 Å². The number of amidine groups is 1. The Labute approximate surface area is 185 Å². The highest BCUT2D eigenvalue weighted by Gasteiger charge is 2.45. The molecule has 0 radical (unpaired) electrons. The van der Waals surface area contributed by atoms with E-state index in [4.69, 9.17) is 11.6 Å². The van der Waals surface area contributed by atoms with Gasteiger partial charge in [0.05, 0.1) is 5.52 Å². The molecule has 0 atom stereocenters. The van der Waals surface area contributed by atoms with Crippen LogP contribution in [0.1, 0.15) is 18.4 Å². The fraction of sp³-hybridized carbons (Fsp3) is 0.333. The van der Waals surface area contributed by atoms with Gasteiger partial charge in [-0.3, -0.25) is 4.98 Å². The molecule has 0 saturated carbocycles. The smallest absolute Gasteiger partial charge is 0.148 e. The summed E-state index contributed by atoms with van der Waals surface area (Å²) in [5.74, 6) is 0.464. The van der Waals surface area contributed by atoms with Crippen molar-refractivity contribution in [2.75, 3.05) is 31.1 Å². The van der Waals surface area contributed by atoms with E-state index in [2.05, 4.69) is 19.9 Å². The van der Waals surface area contributed by atoms with E-state index in [-0.39, 0.29) is 11.2 Å². The maximum absolute atomic E-state index is 13.8. The largest absolute Gasteiger partial charge is 0.409 e. The minimum atomic E-state index is -0.234. The highest BCUT2D eigenvalue weighted by atomic mass is 35.5. The van der Waals surface area contributed by atoms with Gasteiger partial charge >= 0.3 is 0 Å². The molecular weight excluding hydrogens is 415 g/mol. The van der Waals surface area contributed by atoms with Crippen LogP contribution < -0.4 is 4.90 Å². The van der Waals surface area contributed by atoms with Crippen LogP contribution in [0.5, 0.6) is 0 Å². The van der Waals surface area contributed by atoms with Gasteiger partial charge in [-0.1, -0.05) is 28.9 Å². The summed E-state index contributed by atoms with van der Waals surface area (Å²) in [6.07, 6.45) is 4.46. The summed E-state index contributed by atoms with van der Waals surface area (Å²) in [5.41, 5.74) is 3.21. The Kier molecular flexibility index (Phi) is 5.18. The molecule has 0 amide bonds. The monoisotopic (exact) mass is 438 g/mol. The molecule has 160 valence electrons. The van der Waals surface area contributed by atoms with Crippen molar-refractivity contribution in [2.45, 2.75) is 19.3 Å². The normalized spacial score (nSPS) is 18.5. The lowest BCUT2D eigenvalue weighted by molar-refractivity contribution is 0.107. The van der Waals surface area contributed by atoms with E-state index >= 15 is 0 Å². The zero-order chi connectivity index (χ0) is 21.4. The number of halogens is 2. The van der Waals surface area contributed by atoms with Crippen LogP contribution in [0.4, 0.5) is 10.1 Å². The minimum absolute atomic E-state index is 0.234. The Bertz CT molecular complexity index is 1120. The number of aromatic nitrogens is 1. The molecule has 3 aromatic rings. The molecule has 1 spiro atoms. The lowest BCUT2D eigenvalue weighted by atomic mass is 9.71. The number of pyridine rings is 1. The Morgan fingerprint density at radius 1 is 1.10 bits per heavy atom. The van der Waals surface area contributed by atoms with E-state index in [1.54, 1.807) is 18.3 Å². The van der Waals surface area contributed by atoms with Gasteiger partial charge in [-0.2, -0.15) is 0 Å². The molecule has 0 aliphatic carbocycles. The summed E-state index contributed by atoms with van der Waals surface area (Å²) >= 11 is 5.96. The number of piperidine rings is 1. The van der Waals surface area contributed by atoms with E-state index in [9.17, 15) is 9.60 Å². The molecule has 0 bridgehead atoms. The highest BCUT2D eigenvalue weighted by Crippen LogP contribution is 2.44. The maximum atomic E-state index is 13.8. The van der Waals surface area contributed by atoms with E-state index in [0.29, 0.717) is 17.3 Å². The average molecular weight is 439 g/mol. The Morgan fingerprint density at radius 2 is 1.84 bits per heavy atom. The lowest BCUT2D eigenvalue weighted by Gasteiger charge is -2.55. The van der Waals surface area contributed by atoms with Gasteiger partial charge in [0.1, 0.15) is 11.7 Å². The second-order valence-corrected chi connectivity index (χ2v) is 9.09. The SMILES string of the molecule is O/N=C(\Cc1ccc(Cl)cc1)N1CCC2(CC1)CN(c1ccnc3ccc(F)cc13)C2. The van der Waals surface area contributed by atoms with Crippen molar-refractivity contribution >= 4 is 34.0 Å². The van der Waals surface area contributed by atoms with Gasteiger partial charge in [-0.05, 0) is 54.8 Å². The molecule has 3 heterocycles. The van der Waals surface area contributed by atoms with Crippen molar-refractivity contribution in [3.63, 3.8) is 0 Å². The number of fused-ring (bicyclic) bond motifs is 1. The molecule has 0 unspecified atom stereocenters. The third-order valence-electron chi connectivity index (χ3n) is 6.65. The second kappa shape index (κ2) is 8.00.